The van der Waals surface area contributed by atoms with Crippen molar-refractivity contribution in [2.45, 2.75) is 0 Å². The van der Waals surface area contributed by atoms with Gasteiger partial charge in [0.15, 0.2) is 0 Å². The van der Waals surface area contributed by atoms with Crippen LogP contribution in [0.5, 0.6) is 0 Å². The third kappa shape index (κ3) is 0.956. The Hall–Kier alpha value is -1.76. The predicted octanol–water partition coefficient (Wildman–Crippen LogP) is 3.85. The molecule has 0 aliphatic rings. The molecule has 3 aromatic carbocycles. The van der Waals surface area contributed by atoms with E-state index in [-0.39, 0.29) is 5.82 Å². The fraction of sp³-hybridized carbons (Fsp3) is 0. The molecule has 0 aliphatic carbocycles. The van der Waals surface area contributed by atoms with Crippen molar-refractivity contribution in [3.8, 4) is 0 Å². The zero-order valence-corrected chi connectivity index (χ0v) is 7.50. The fourth-order valence-electron chi connectivity index (χ4n) is 1.92. The maximum absolute atomic E-state index is 13.0. The number of rotatable bonds is 0. The second-order valence-corrected chi connectivity index (χ2v) is 3.46. The van der Waals surface area contributed by atoms with Gasteiger partial charge < -0.3 is 0 Å². The largest absolute Gasteiger partial charge is 0.225 e. The van der Waals surface area contributed by atoms with Gasteiger partial charge in [0.1, 0.15) is 0 Å². The minimum Gasteiger partial charge on any atom is -0.225 e. The number of benzene rings is 2. The van der Waals surface area contributed by atoms with Crippen LogP contribution in [-0.4, -0.2) is 0 Å². The molecular weight excluding hydrogens is 175 g/mol. The van der Waals surface area contributed by atoms with Crippen LogP contribution in [0.15, 0.2) is 48.5 Å². The van der Waals surface area contributed by atoms with Gasteiger partial charge in [0.05, 0.1) is 5.82 Å². The van der Waals surface area contributed by atoms with Gasteiger partial charge in [-0.3, -0.25) is 0 Å². The van der Waals surface area contributed by atoms with Crippen LogP contribution in [0, 0.1) is 5.82 Å². The molecule has 68 valence electrons. The number of hydrogen-bond donors (Lipinski definition) is 0. The Balaban J connectivity index is 2.58. The van der Waals surface area contributed by atoms with Crippen LogP contribution in [0.25, 0.3) is 21.5 Å². The molecule has 0 aliphatic heterocycles. The summed E-state index contributed by atoms with van der Waals surface area (Å²) in [4.78, 5) is 0. The van der Waals surface area contributed by atoms with Crippen molar-refractivity contribution in [1.82, 2.24) is 0 Å². The lowest BCUT2D eigenvalue weighted by atomic mass is 10.1. The third-order valence-corrected chi connectivity index (χ3v) is 2.58. The Labute approximate surface area is 80.9 Å². The molecule has 0 spiro atoms. The van der Waals surface area contributed by atoms with Crippen molar-refractivity contribution in [1.29, 1.82) is 0 Å². The van der Waals surface area contributed by atoms with Gasteiger partial charge in [-0.2, -0.15) is 0 Å². The van der Waals surface area contributed by atoms with E-state index < -0.39 is 0 Å². The summed E-state index contributed by atoms with van der Waals surface area (Å²) < 4.78 is 13.0. The predicted molar refractivity (Wildman–Crippen MR) is 57.0 cm³/mol. The lowest BCUT2D eigenvalue weighted by Crippen LogP contribution is -1.70. The Morgan fingerprint density at radius 1 is 1.07 bits per heavy atom. The lowest BCUT2D eigenvalue weighted by Gasteiger charge is -1.99. The van der Waals surface area contributed by atoms with E-state index in [0.29, 0.717) is 0 Å². The third-order valence-electron chi connectivity index (χ3n) is 2.58. The Kier molecular flexibility index (Phi) is 1.42. The quantitative estimate of drug-likeness (QED) is 0.464. The molecule has 0 bridgehead atoms. The number of hydrogen-bond acceptors (Lipinski definition) is 0. The zero-order chi connectivity index (χ0) is 9.54. The summed E-state index contributed by atoms with van der Waals surface area (Å²) in [5.41, 5.74) is 0. The van der Waals surface area contributed by atoms with Gasteiger partial charge in [0.2, 0.25) is 0 Å². The van der Waals surface area contributed by atoms with Gasteiger partial charge in [-0.1, -0.05) is 41.8 Å². The molecular formula is C13H8F-. The highest BCUT2D eigenvalue weighted by molar-refractivity contribution is 6.11. The molecule has 0 radical (unpaired) electrons. The van der Waals surface area contributed by atoms with Crippen molar-refractivity contribution in [2.75, 3.05) is 0 Å². The van der Waals surface area contributed by atoms with Gasteiger partial charge in [-0.25, -0.2) is 4.39 Å². The molecule has 0 atom stereocenters. The molecule has 14 heavy (non-hydrogen) atoms. The van der Waals surface area contributed by atoms with Crippen molar-refractivity contribution >= 4 is 21.5 Å². The SMILES string of the molecule is Fc1cc[c-]2cc3ccccc3c2c1. The highest BCUT2D eigenvalue weighted by Gasteiger charge is 1.95. The first-order valence-electron chi connectivity index (χ1n) is 4.58. The van der Waals surface area contributed by atoms with E-state index in [0.717, 1.165) is 16.2 Å². The minimum absolute atomic E-state index is 0.172. The molecule has 0 N–H and O–H groups in total. The highest BCUT2D eigenvalue weighted by atomic mass is 19.1. The fourth-order valence-corrected chi connectivity index (χ4v) is 1.92. The van der Waals surface area contributed by atoms with Gasteiger partial charge >= 0.3 is 0 Å². The number of fused-ring (bicyclic) bond motifs is 3. The molecule has 3 aromatic rings. The van der Waals surface area contributed by atoms with E-state index in [1.54, 1.807) is 6.07 Å². The average Bonchev–Trinajstić information content (AvgIpc) is 2.56. The molecule has 0 heterocycles. The zero-order valence-electron chi connectivity index (χ0n) is 7.50. The topological polar surface area (TPSA) is 0 Å². The van der Waals surface area contributed by atoms with Gasteiger partial charge in [-0.05, 0) is 0 Å². The van der Waals surface area contributed by atoms with E-state index in [2.05, 4.69) is 6.07 Å². The van der Waals surface area contributed by atoms with E-state index in [4.69, 9.17) is 0 Å². The average molecular weight is 183 g/mol. The summed E-state index contributed by atoms with van der Waals surface area (Å²) in [7, 11) is 0. The van der Waals surface area contributed by atoms with Crippen molar-refractivity contribution in [2.24, 2.45) is 0 Å². The van der Waals surface area contributed by atoms with Gasteiger partial charge in [-0.15, -0.1) is 28.3 Å². The maximum Gasteiger partial charge on any atom is 0.0581 e. The van der Waals surface area contributed by atoms with E-state index in [1.165, 1.54) is 11.5 Å². The monoisotopic (exact) mass is 183 g/mol. The molecule has 0 amide bonds. The van der Waals surface area contributed by atoms with Gasteiger partial charge in [0, 0.05) is 0 Å². The van der Waals surface area contributed by atoms with Crippen LogP contribution in [0.4, 0.5) is 4.39 Å². The summed E-state index contributed by atoms with van der Waals surface area (Å²) in [6.45, 7) is 0. The molecule has 1 heteroatoms. The van der Waals surface area contributed by atoms with Crippen LogP contribution in [0.1, 0.15) is 0 Å². The normalized spacial score (nSPS) is 11.2. The second-order valence-electron chi connectivity index (χ2n) is 3.46. The molecule has 0 nitrogen and oxygen atoms in total. The Morgan fingerprint density at radius 2 is 1.93 bits per heavy atom. The number of halogens is 1. The maximum atomic E-state index is 13.0. The summed E-state index contributed by atoms with van der Waals surface area (Å²) in [5.74, 6) is -0.172. The highest BCUT2D eigenvalue weighted by Crippen LogP contribution is 2.28. The van der Waals surface area contributed by atoms with Crippen molar-refractivity contribution in [3.63, 3.8) is 0 Å². The first-order valence-corrected chi connectivity index (χ1v) is 4.58. The molecule has 0 fully saturated rings. The first kappa shape index (κ1) is 7.63. The van der Waals surface area contributed by atoms with Crippen LogP contribution in [-0.2, 0) is 0 Å². The summed E-state index contributed by atoms with van der Waals surface area (Å²) in [5, 5.41) is 4.41. The smallest absolute Gasteiger partial charge is 0.0581 e. The van der Waals surface area contributed by atoms with Crippen LogP contribution in [0.2, 0.25) is 0 Å². The van der Waals surface area contributed by atoms with Gasteiger partial charge in [0.25, 0.3) is 0 Å². The van der Waals surface area contributed by atoms with Crippen molar-refractivity contribution < 1.29 is 4.39 Å². The van der Waals surface area contributed by atoms with E-state index in [1.807, 2.05) is 30.3 Å². The molecule has 3 rings (SSSR count). The summed E-state index contributed by atoms with van der Waals surface area (Å²) in [6, 6.07) is 15.1. The standard InChI is InChI=1S/C13H8F/c14-11-6-5-10-7-9-3-1-2-4-12(9)13(10)8-11/h1-8H/q-1. The van der Waals surface area contributed by atoms with E-state index >= 15 is 0 Å². The van der Waals surface area contributed by atoms with Crippen LogP contribution in [0.3, 0.4) is 0 Å². The molecule has 0 unspecified atom stereocenters. The summed E-state index contributed by atoms with van der Waals surface area (Å²) in [6.07, 6.45) is 0. The van der Waals surface area contributed by atoms with E-state index in [9.17, 15) is 4.39 Å². The molecule has 0 aromatic heterocycles. The minimum atomic E-state index is -0.172. The summed E-state index contributed by atoms with van der Waals surface area (Å²) >= 11 is 0. The first-order chi connectivity index (χ1) is 6.84. The Bertz CT molecular complexity index is 605. The van der Waals surface area contributed by atoms with Crippen LogP contribution >= 0.6 is 0 Å². The Morgan fingerprint density at radius 3 is 2.86 bits per heavy atom. The van der Waals surface area contributed by atoms with Crippen molar-refractivity contribution in [3.05, 3.63) is 54.3 Å². The lowest BCUT2D eigenvalue weighted by molar-refractivity contribution is 0.630. The van der Waals surface area contributed by atoms with Crippen LogP contribution < -0.4 is 0 Å². The molecule has 0 saturated heterocycles. The molecule has 0 saturated carbocycles. The second kappa shape index (κ2) is 2.61.